The maximum absolute atomic E-state index is 12.5. The molecule has 0 saturated heterocycles. The van der Waals surface area contributed by atoms with Gasteiger partial charge in [-0.1, -0.05) is 26.3 Å². The van der Waals surface area contributed by atoms with Crippen molar-refractivity contribution in [2.75, 3.05) is 0 Å². The van der Waals surface area contributed by atoms with Crippen LogP contribution in [0.4, 0.5) is 0 Å². The fourth-order valence-corrected chi connectivity index (χ4v) is 1.87. The zero-order valence-electron chi connectivity index (χ0n) is 12.3. The van der Waals surface area contributed by atoms with Crippen LogP contribution >= 0.6 is 0 Å². The molecule has 4 heteroatoms. The van der Waals surface area contributed by atoms with Crippen molar-refractivity contribution in [2.24, 2.45) is 11.7 Å². The number of rotatable bonds is 6. The van der Waals surface area contributed by atoms with Gasteiger partial charge in [0.1, 0.15) is 0 Å². The molecule has 1 aromatic heterocycles. The van der Waals surface area contributed by atoms with Gasteiger partial charge in [-0.2, -0.15) is 0 Å². The summed E-state index contributed by atoms with van der Waals surface area (Å²) < 4.78 is 0. The van der Waals surface area contributed by atoms with Gasteiger partial charge in [0.15, 0.2) is 0 Å². The molecule has 2 N–H and O–H groups in total. The minimum absolute atomic E-state index is 0.00926. The summed E-state index contributed by atoms with van der Waals surface area (Å²) in [6.45, 7) is 8.59. The van der Waals surface area contributed by atoms with E-state index < -0.39 is 6.04 Å². The van der Waals surface area contributed by atoms with E-state index in [0.29, 0.717) is 6.54 Å². The predicted molar refractivity (Wildman–Crippen MR) is 77.4 cm³/mol. The van der Waals surface area contributed by atoms with E-state index in [1.807, 2.05) is 39.0 Å². The third kappa shape index (κ3) is 4.31. The smallest absolute Gasteiger partial charge is 0.240 e. The summed E-state index contributed by atoms with van der Waals surface area (Å²) in [6.07, 6.45) is 2.65. The lowest BCUT2D eigenvalue weighted by Gasteiger charge is -2.31. The lowest BCUT2D eigenvalue weighted by Crippen LogP contribution is -2.49. The number of carbonyl (C=O) groups is 1. The molecule has 2 atom stereocenters. The number of aromatic nitrogens is 1. The van der Waals surface area contributed by atoms with Crippen LogP contribution in [0.1, 0.15) is 39.8 Å². The molecular weight excluding hydrogens is 238 g/mol. The van der Waals surface area contributed by atoms with Crippen LogP contribution in [-0.4, -0.2) is 27.9 Å². The van der Waals surface area contributed by atoms with Gasteiger partial charge in [0.2, 0.25) is 5.91 Å². The summed E-state index contributed by atoms with van der Waals surface area (Å²) in [5.41, 5.74) is 6.94. The number of pyridine rings is 1. The molecule has 106 valence electrons. The Morgan fingerprint density at radius 2 is 2.05 bits per heavy atom. The summed E-state index contributed by atoms with van der Waals surface area (Å²) in [5, 5.41) is 0. The summed E-state index contributed by atoms with van der Waals surface area (Å²) in [4.78, 5) is 18.5. The van der Waals surface area contributed by atoms with Crippen LogP contribution in [0.2, 0.25) is 0 Å². The zero-order valence-corrected chi connectivity index (χ0v) is 12.3. The highest BCUT2D eigenvalue weighted by Gasteiger charge is 2.26. The van der Waals surface area contributed by atoms with Gasteiger partial charge in [-0.3, -0.25) is 9.78 Å². The predicted octanol–water partition coefficient (Wildman–Crippen LogP) is 2.19. The topological polar surface area (TPSA) is 59.2 Å². The molecule has 0 aliphatic rings. The molecule has 4 nitrogen and oxygen atoms in total. The van der Waals surface area contributed by atoms with Crippen molar-refractivity contribution in [1.82, 2.24) is 9.88 Å². The number of hydrogen-bond donors (Lipinski definition) is 1. The molecule has 1 rings (SSSR count). The molecule has 0 radical (unpaired) electrons. The summed E-state index contributed by atoms with van der Waals surface area (Å²) >= 11 is 0. The molecule has 0 bridgehead atoms. The van der Waals surface area contributed by atoms with Gasteiger partial charge in [-0.25, -0.2) is 0 Å². The number of carbonyl (C=O) groups excluding carboxylic acids is 1. The zero-order chi connectivity index (χ0) is 14.4. The van der Waals surface area contributed by atoms with Crippen LogP contribution < -0.4 is 5.73 Å². The van der Waals surface area contributed by atoms with E-state index >= 15 is 0 Å². The molecule has 2 unspecified atom stereocenters. The van der Waals surface area contributed by atoms with Gasteiger partial charge in [0.25, 0.3) is 0 Å². The molecule has 0 saturated carbocycles. The number of nitrogens with zero attached hydrogens (tertiary/aromatic N) is 2. The van der Waals surface area contributed by atoms with E-state index in [1.54, 1.807) is 11.1 Å². The van der Waals surface area contributed by atoms with E-state index in [-0.39, 0.29) is 17.9 Å². The summed E-state index contributed by atoms with van der Waals surface area (Å²) in [5.74, 6) is 0.201. The first-order valence-corrected chi connectivity index (χ1v) is 6.93. The highest BCUT2D eigenvalue weighted by molar-refractivity contribution is 5.82. The fourth-order valence-electron chi connectivity index (χ4n) is 1.87. The van der Waals surface area contributed by atoms with E-state index in [1.165, 1.54) is 0 Å². The molecule has 0 aromatic carbocycles. The van der Waals surface area contributed by atoms with Crippen molar-refractivity contribution in [2.45, 2.75) is 52.7 Å². The van der Waals surface area contributed by atoms with Crippen LogP contribution in [0.5, 0.6) is 0 Å². The first-order chi connectivity index (χ1) is 8.97. The number of amides is 1. The molecule has 0 aliphatic carbocycles. The Bertz CT molecular complexity index is 392. The van der Waals surface area contributed by atoms with Gasteiger partial charge in [0, 0.05) is 12.2 Å². The molecule has 1 heterocycles. The van der Waals surface area contributed by atoms with Crippen molar-refractivity contribution in [3.8, 4) is 0 Å². The van der Waals surface area contributed by atoms with Gasteiger partial charge in [-0.15, -0.1) is 0 Å². The second-order valence-electron chi connectivity index (χ2n) is 5.29. The van der Waals surface area contributed by atoms with Crippen molar-refractivity contribution in [1.29, 1.82) is 0 Å². The van der Waals surface area contributed by atoms with Gasteiger partial charge in [-0.05, 0) is 31.9 Å². The standard InChI is InChI=1S/C15H25N3O/c1-5-12(4)14(16)15(19)18(11(2)3)10-13-8-6-7-9-17-13/h6-9,11-12,14H,5,10,16H2,1-4H3. The second kappa shape index (κ2) is 7.24. The third-order valence-electron chi connectivity index (χ3n) is 3.51. The Labute approximate surface area is 116 Å². The first kappa shape index (κ1) is 15.6. The highest BCUT2D eigenvalue weighted by Crippen LogP contribution is 2.13. The molecule has 19 heavy (non-hydrogen) atoms. The van der Waals surface area contributed by atoms with Crippen molar-refractivity contribution in [3.63, 3.8) is 0 Å². The number of hydrogen-bond acceptors (Lipinski definition) is 3. The normalized spacial score (nSPS) is 14.2. The van der Waals surface area contributed by atoms with E-state index in [2.05, 4.69) is 11.9 Å². The molecule has 1 amide bonds. The van der Waals surface area contributed by atoms with Gasteiger partial charge < -0.3 is 10.6 Å². The van der Waals surface area contributed by atoms with Crippen LogP contribution in [0.15, 0.2) is 24.4 Å². The summed E-state index contributed by atoms with van der Waals surface area (Å²) in [6, 6.07) is 5.41. The second-order valence-corrected chi connectivity index (χ2v) is 5.29. The van der Waals surface area contributed by atoms with E-state index in [9.17, 15) is 4.79 Å². The minimum Gasteiger partial charge on any atom is -0.333 e. The lowest BCUT2D eigenvalue weighted by atomic mass is 9.98. The van der Waals surface area contributed by atoms with Crippen molar-refractivity contribution < 1.29 is 4.79 Å². The molecule has 0 aliphatic heterocycles. The van der Waals surface area contributed by atoms with Crippen molar-refractivity contribution in [3.05, 3.63) is 30.1 Å². The Balaban J connectivity index is 2.80. The van der Waals surface area contributed by atoms with E-state index in [4.69, 9.17) is 5.73 Å². The highest BCUT2D eigenvalue weighted by atomic mass is 16.2. The van der Waals surface area contributed by atoms with Crippen LogP contribution in [0.25, 0.3) is 0 Å². The Hall–Kier alpha value is -1.42. The number of nitrogens with two attached hydrogens (primary N) is 1. The molecule has 0 spiro atoms. The maximum Gasteiger partial charge on any atom is 0.240 e. The van der Waals surface area contributed by atoms with Crippen LogP contribution in [0.3, 0.4) is 0 Å². The molecule has 1 aromatic rings. The van der Waals surface area contributed by atoms with E-state index in [0.717, 1.165) is 12.1 Å². The van der Waals surface area contributed by atoms with Crippen LogP contribution in [-0.2, 0) is 11.3 Å². The van der Waals surface area contributed by atoms with Gasteiger partial charge in [0.05, 0.1) is 18.3 Å². The Morgan fingerprint density at radius 1 is 1.37 bits per heavy atom. The molecule has 0 fully saturated rings. The SMILES string of the molecule is CCC(C)C(N)C(=O)N(Cc1ccccn1)C(C)C. The first-order valence-electron chi connectivity index (χ1n) is 6.93. The summed E-state index contributed by atoms with van der Waals surface area (Å²) in [7, 11) is 0. The average molecular weight is 263 g/mol. The van der Waals surface area contributed by atoms with Crippen molar-refractivity contribution >= 4 is 5.91 Å². The maximum atomic E-state index is 12.5. The monoisotopic (exact) mass is 263 g/mol. The fraction of sp³-hybridized carbons (Fsp3) is 0.600. The largest absolute Gasteiger partial charge is 0.333 e. The molecular formula is C15H25N3O. The third-order valence-corrected chi connectivity index (χ3v) is 3.51. The Kier molecular flexibility index (Phi) is 5.96. The lowest BCUT2D eigenvalue weighted by molar-refractivity contribution is -0.136. The Morgan fingerprint density at radius 3 is 2.53 bits per heavy atom. The van der Waals surface area contributed by atoms with Crippen LogP contribution in [0, 0.1) is 5.92 Å². The van der Waals surface area contributed by atoms with Gasteiger partial charge >= 0.3 is 0 Å². The quantitative estimate of drug-likeness (QED) is 0.856. The minimum atomic E-state index is -0.434. The average Bonchev–Trinajstić information content (AvgIpc) is 2.43.